The molecule has 0 atom stereocenters. The van der Waals surface area contributed by atoms with Gasteiger partial charge in [-0.1, -0.05) is 0 Å². The second-order valence-electron chi connectivity index (χ2n) is 5.10. The average molecular weight is 310 g/mol. The third-order valence-corrected chi connectivity index (χ3v) is 3.68. The first-order valence-electron chi connectivity index (χ1n) is 6.87. The molecule has 4 rings (SSSR count). The number of nitrogens with one attached hydrogen (secondary N) is 2. The molecule has 23 heavy (non-hydrogen) atoms. The Labute approximate surface area is 128 Å². The van der Waals surface area contributed by atoms with E-state index >= 15 is 0 Å². The van der Waals surface area contributed by atoms with Crippen LogP contribution >= 0.6 is 0 Å². The van der Waals surface area contributed by atoms with Gasteiger partial charge in [0.1, 0.15) is 5.82 Å². The summed E-state index contributed by atoms with van der Waals surface area (Å²) in [5.41, 5.74) is 2.24. The van der Waals surface area contributed by atoms with Crippen LogP contribution < -0.4 is 5.69 Å². The molecule has 6 nitrogen and oxygen atoms in total. The van der Waals surface area contributed by atoms with Crippen LogP contribution in [0.5, 0.6) is 5.88 Å². The highest BCUT2D eigenvalue weighted by molar-refractivity contribution is 5.94. The SMILES string of the molecule is O=c1[nH]cc(O)n1-c1ccc2[nH]nc(-c3ccc(F)cc3)c2c1. The predicted molar refractivity (Wildman–Crippen MR) is 83.1 cm³/mol. The van der Waals surface area contributed by atoms with Crippen molar-refractivity contribution in [3.05, 3.63) is 65.0 Å². The highest BCUT2D eigenvalue weighted by Crippen LogP contribution is 2.28. The van der Waals surface area contributed by atoms with Gasteiger partial charge in [-0.25, -0.2) is 13.8 Å². The van der Waals surface area contributed by atoms with Gasteiger partial charge in [-0.15, -0.1) is 0 Å². The van der Waals surface area contributed by atoms with Crippen molar-refractivity contribution in [1.29, 1.82) is 0 Å². The first kappa shape index (κ1) is 13.3. The average Bonchev–Trinajstić information content (AvgIpc) is 3.11. The lowest BCUT2D eigenvalue weighted by atomic mass is 10.1. The maximum Gasteiger partial charge on any atom is 0.333 e. The summed E-state index contributed by atoms with van der Waals surface area (Å²) in [7, 11) is 0. The summed E-state index contributed by atoms with van der Waals surface area (Å²) in [4.78, 5) is 14.2. The smallest absolute Gasteiger partial charge is 0.333 e. The second-order valence-corrected chi connectivity index (χ2v) is 5.10. The number of hydrogen-bond acceptors (Lipinski definition) is 3. The molecule has 114 valence electrons. The van der Waals surface area contributed by atoms with E-state index in [9.17, 15) is 14.3 Å². The molecular formula is C16H11FN4O2. The third-order valence-electron chi connectivity index (χ3n) is 3.68. The summed E-state index contributed by atoms with van der Waals surface area (Å²) >= 11 is 0. The van der Waals surface area contributed by atoms with Crippen molar-refractivity contribution in [2.24, 2.45) is 0 Å². The molecule has 2 aromatic heterocycles. The van der Waals surface area contributed by atoms with Crippen molar-refractivity contribution < 1.29 is 9.50 Å². The number of aromatic amines is 2. The summed E-state index contributed by atoms with van der Waals surface area (Å²) in [6, 6.07) is 11.2. The Morgan fingerprint density at radius 2 is 1.91 bits per heavy atom. The molecule has 3 N–H and O–H groups in total. The number of aromatic hydroxyl groups is 1. The van der Waals surface area contributed by atoms with Crippen molar-refractivity contribution in [3.63, 3.8) is 0 Å². The van der Waals surface area contributed by atoms with Crippen LogP contribution in [0.1, 0.15) is 0 Å². The molecule has 0 bridgehead atoms. The molecule has 0 saturated carbocycles. The molecule has 0 unspecified atom stereocenters. The summed E-state index contributed by atoms with van der Waals surface area (Å²) in [6.45, 7) is 0. The van der Waals surface area contributed by atoms with Crippen molar-refractivity contribution in [3.8, 4) is 22.8 Å². The van der Waals surface area contributed by atoms with Crippen LogP contribution in [0.2, 0.25) is 0 Å². The summed E-state index contributed by atoms with van der Waals surface area (Å²) in [5, 5.41) is 17.7. The van der Waals surface area contributed by atoms with Crippen LogP contribution in [0, 0.1) is 5.82 Å². The van der Waals surface area contributed by atoms with Gasteiger partial charge in [0.05, 0.1) is 23.1 Å². The minimum Gasteiger partial charge on any atom is -0.493 e. The number of hydrogen-bond donors (Lipinski definition) is 3. The standard InChI is InChI=1S/C16H11FN4O2/c17-10-3-1-9(2-4-10)15-12-7-11(5-6-13(12)19-20-15)21-14(22)8-18-16(21)23/h1-8,22H,(H,18,23)(H,19,20). The molecule has 0 fully saturated rings. The van der Waals surface area contributed by atoms with Gasteiger partial charge >= 0.3 is 5.69 Å². The zero-order valence-electron chi connectivity index (χ0n) is 11.7. The molecule has 0 aliphatic carbocycles. The van der Waals surface area contributed by atoms with Crippen molar-refractivity contribution >= 4 is 10.9 Å². The minimum absolute atomic E-state index is 0.179. The van der Waals surface area contributed by atoms with E-state index in [0.29, 0.717) is 11.4 Å². The molecule has 4 aromatic rings. The van der Waals surface area contributed by atoms with Crippen LogP contribution in [0.15, 0.2) is 53.5 Å². The molecule has 0 amide bonds. The van der Waals surface area contributed by atoms with Crippen LogP contribution in [-0.4, -0.2) is 24.9 Å². The van der Waals surface area contributed by atoms with E-state index in [0.717, 1.165) is 21.0 Å². The molecule has 0 aliphatic rings. The monoisotopic (exact) mass is 310 g/mol. The number of fused-ring (bicyclic) bond motifs is 1. The van der Waals surface area contributed by atoms with E-state index < -0.39 is 5.69 Å². The molecule has 2 heterocycles. The zero-order valence-corrected chi connectivity index (χ0v) is 11.7. The maximum absolute atomic E-state index is 13.1. The van der Waals surface area contributed by atoms with E-state index in [4.69, 9.17) is 0 Å². The maximum atomic E-state index is 13.1. The molecule has 0 aliphatic heterocycles. The van der Waals surface area contributed by atoms with Crippen molar-refractivity contribution in [2.75, 3.05) is 0 Å². The van der Waals surface area contributed by atoms with Gasteiger partial charge in [0, 0.05) is 10.9 Å². The largest absolute Gasteiger partial charge is 0.493 e. The van der Waals surface area contributed by atoms with E-state index in [-0.39, 0.29) is 11.7 Å². The number of nitrogens with zero attached hydrogens (tertiary/aromatic N) is 2. The molecule has 0 spiro atoms. The topological polar surface area (TPSA) is 86.7 Å². The van der Waals surface area contributed by atoms with E-state index in [2.05, 4.69) is 15.2 Å². The zero-order chi connectivity index (χ0) is 16.0. The van der Waals surface area contributed by atoms with Gasteiger partial charge in [-0.05, 0) is 42.5 Å². The number of rotatable bonds is 2. The fourth-order valence-corrected chi connectivity index (χ4v) is 2.58. The Hall–Kier alpha value is -3.35. The van der Waals surface area contributed by atoms with Gasteiger partial charge in [-0.2, -0.15) is 5.10 Å². The summed E-state index contributed by atoms with van der Waals surface area (Å²) in [5.74, 6) is -0.501. The Morgan fingerprint density at radius 3 is 2.61 bits per heavy atom. The lowest BCUT2D eigenvalue weighted by molar-refractivity contribution is 0.441. The first-order chi connectivity index (χ1) is 11.1. The van der Waals surface area contributed by atoms with Crippen LogP contribution in [-0.2, 0) is 0 Å². The minimum atomic E-state index is -0.436. The second kappa shape index (κ2) is 4.84. The highest BCUT2D eigenvalue weighted by Gasteiger charge is 2.12. The molecule has 0 saturated heterocycles. The van der Waals surface area contributed by atoms with E-state index in [1.165, 1.54) is 18.3 Å². The Morgan fingerprint density at radius 1 is 1.13 bits per heavy atom. The predicted octanol–water partition coefficient (Wildman–Crippen LogP) is 2.55. The Bertz CT molecular complexity index is 1060. The third kappa shape index (κ3) is 2.10. The molecule has 0 radical (unpaired) electrons. The first-order valence-corrected chi connectivity index (χ1v) is 6.87. The van der Waals surface area contributed by atoms with Gasteiger partial charge in [-0.3, -0.25) is 5.10 Å². The molecule has 7 heteroatoms. The highest BCUT2D eigenvalue weighted by atomic mass is 19.1. The summed E-state index contributed by atoms with van der Waals surface area (Å²) < 4.78 is 14.2. The Kier molecular flexibility index (Phi) is 2.80. The number of imidazole rings is 1. The van der Waals surface area contributed by atoms with Gasteiger partial charge in [0.25, 0.3) is 0 Å². The van der Waals surface area contributed by atoms with E-state index in [1.54, 1.807) is 30.3 Å². The normalized spacial score (nSPS) is 11.2. The van der Waals surface area contributed by atoms with Crippen LogP contribution in [0.25, 0.3) is 27.8 Å². The van der Waals surface area contributed by atoms with Crippen LogP contribution in [0.3, 0.4) is 0 Å². The number of benzene rings is 2. The number of H-pyrrole nitrogens is 2. The fourth-order valence-electron chi connectivity index (χ4n) is 2.58. The van der Waals surface area contributed by atoms with E-state index in [1.807, 2.05) is 0 Å². The molecular weight excluding hydrogens is 299 g/mol. The van der Waals surface area contributed by atoms with Gasteiger partial charge in [0.2, 0.25) is 5.88 Å². The number of aromatic nitrogens is 4. The Balaban J connectivity index is 1.93. The van der Waals surface area contributed by atoms with Crippen molar-refractivity contribution in [1.82, 2.24) is 19.7 Å². The van der Waals surface area contributed by atoms with Crippen LogP contribution in [0.4, 0.5) is 4.39 Å². The van der Waals surface area contributed by atoms with Crippen molar-refractivity contribution in [2.45, 2.75) is 0 Å². The fraction of sp³-hybridized carbons (Fsp3) is 0. The quantitative estimate of drug-likeness (QED) is 0.532. The molecule has 2 aromatic carbocycles. The lowest BCUT2D eigenvalue weighted by Gasteiger charge is -2.04. The van der Waals surface area contributed by atoms with Gasteiger partial charge < -0.3 is 10.1 Å². The summed E-state index contributed by atoms with van der Waals surface area (Å²) in [6.07, 6.45) is 1.22. The lowest BCUT2D eigenvalue weighted by Crippen LogP contribution is -2.14. The number of halogens is 1. The van der Waals surface area contributed by atoms with Gasteiger partial charge in [0.15, 0.2) is 0 Å².